The smallest absolute Gasteiger partial charge is 0.154 e. The van der Waals surface area contributed by atoms with Gasteiger partial charge in [-0.2, -0.15) is 0 Å². The first kappa shape index (κ1) is 9.96. The van der Waals surface area contributed by atoms with E-state index in [1.54, 1.807) is 0 Å². The lowest BCUT2D eigenvalue weighted by Crippen LogP contribution is -2.32. The summed E-state index contributed by atoms with van der Waals surface area (Å²) >= 11 is 0. The van der Waals surface area contributed by atoms with Crippen LogP contribution in [0.15, 0.2) is 0 Å². The van der Waals surface area contributed by atoms with Gasteiger partial charge in [-0.15, -0.1) is 0 Å². The van der Waals surface area contributed by atoms with Gasteiger partial charge in [-0.1, -0.05) is 13.8 Å². The largest absolute Gasteiger partial charge is 0.381 e. The molecule has 0 aromatic carbocycles. The summed E-state index contributed by atoms with van der Waals surface area (Å²) in [5, 5.41) is 18.3. The summed E-state index contributed by atoms with van der Waals surface area (Å²) in [6.07, 6.45) is -0.239. The number of aliphatic hydroxyl groups excluding tert-OH is 1. The first-order chi connectivity index (χ1) is 5.63. The minimum atomic E-state index is -1.20. The highest BCUT2D eigenvalue weighted by molar-refractivity contribution is 4.77. The Bertz CT molecular complexity index is 120. The zero-order valence-electron chi connectivity index (χ0n) is 7.73. The lowest BCUT2D eigenvalue weighted by molar-refractivity contribution is -0.115. The van der Waals surface area contributed by atoms with Crippen molar-refractivity contribution in [3.8, 4) is 0 Å². The summed E-state index contributed by atoms with van der Waals surface area (Å²) in [5.74, 6) is 0.592. The van der Waals surface area contributed by atoms with Crippen molar-refractivity contribution in [2.45, 2.75) is 26.6 Å². The van der Waals surface area contributed by atoms with E-state index in [1.165, 1.54) is 0 Å². The molecule has 1 saturated heterocycles. The van der Waals surface area contributed by atoms with Gasteiger partial charge in [0.15, 0.2) is 6.29 Å². The van der Waals surface area contributed by atoms with Gasteiger partial charge in [-0.3, -0.25) is 0 Å². The van der Waals surface area contributed by atoms with Gasteiger partial charge in [0.1, 0.15) is 0 Å². The molecule has 1 fully saturated rings. The molecule has 2 atom stereocenters. The predicted octanol–water partition coefficient (Wildman–Crippen LogP) is 0.606. The molecule has 3 nitrogen and oxygen atoms in total. The third-order valence-corrected chi connectivity index (χ3v) is 2.62. The Balaban J connectivity index is 2.52. The molecule has 12 heavy (non-hydrogen) atoms. The van der Waals surface area contributed by atoms with Gasteiger partial charge in [0.05, 0.1) is 0 Å². The fourth-order valence-electron chi connectivity index (χ4n) is 1.99. The number of rotatable bonds is 3. The van der Waals surface area contributed by atoms with Crippen LogP contribution < -0.4 is 0 Å². The molecule has 2 unspecified atom stereocenters. The van der Waals surface area contributed by atoms with E-state index < -0.39 is 6.29 Å². The van der Waals surface area contributed by atoms with Crippen molar-refractivity contribution in [1.29, 1.82) is 0 Å². The molecule has 0 bridgehead atoms. The molecule has 0 aliphatic carbocycles. The van der Waals surface area contributed by atoms with E-state index in [9.17, 15) is 0 Å². The number of aliphatic hydroxyl groups is 2. The normalized spacial score (nSPS) is 27.0. The van der Waals surface area contributed by atoms with E-state index in [2.05, 4.69) is 0 Å². The molecule has 0 aromatic heterocycles. The summed E-state index contributed by atoms with van der Waals surface area (Å²) in [6.45, 7) is 5.48. The van der Waals surface area contributed by atoms with Gasteiger partial charge in [0, 0.05) is 19.1 Å². The maximum Gasteiger partial charge on any atom is 0.154 e. The summed E-state index contributed by atoms with van der Waals surface area (Å²) in [6, 6.07) is 0. The van der Waals surface area contributed by atoms with Crippen LogP contribution in [0.1, 0.15) is 20.3 Å². The average molecular weight is 174 g/mol. The van der Waals surface area contributed by atoms with Crippen LogP contribution in [0.4, 0.5) is 0 Å². The maximum absolute atomic E-state index is 9.14. The van der Waals surface area contributed by atoms with Crippen LogP contribution in [0.25, 0.3) is 0 Å². The molecular formula is C9H18O3. The summed E-state index contributed by atoms with van der Waals surface area (Å²) < 4.78 is 5.22. The van der Waals surface area contributed by atoms with Gasteiger partial charge in [-0.25, -0.2) is 0 Å². The third-order valence-electron chi connectivity index (χ3n) is 2.62. The van der Waals surface area contributed by atoms with Gasteiger partial charge in [-0.05, 0) is 18.3 Å². The Kier molecular flexibility index (Phi) is 3.50. The third kappa shape index (κ3) is 2.19. The van der Waals surface area contributed by atoms with Crippen LogP contribution in [0.2, 0.25) is 0 Å². The molecular weight excluding hydrogens is 156 g/mol. The van der Waals surface area contributed by atoms with Crippen molar-refractivity contribution >= 4 is 0 Å². The van der Waals surface area contributed by atoms with Crippen molar-refractivity contribution in [1.82, 2.24) is 0 Å². The Hall–Kier alpha value is -0.120. The molecule has 1 aliphatic heterocycles. The monoisotopic (exact) mass is 174 g/mol. The van der Waals surface area contributed by atoms with E-state index in [0.29, 0.717) is 18.4 Å². The molecule has 0 amide bonds. The minimum absolute atomic E-state index is 0.0347. The molecule has 1 rings (SSSR count). The fourth-order valence-corrected chi connectivity index (χ4v) is 1.99. The van der Waals surface area contributed by atoms with E-state index in [1.807, 2.05) is 13.8 Å². The Labute approximate surface area is 73.4 Å². The highest BCUT2D eigenvalue weighted by Crippen LogP contribution is 2.29. The zero-order valence-corrected chi connectivity index (χ0v) is 7.73. The zero-order chi connectivity index (χ0) is 9.14. The van der Waals surface area contributed by atoms with Crippen LogP contribution in [-0.4, -0.2) is 29.7 Å². The summed E-state index contributed by atoms with van der Waals surface area (Å²) in [7, 11) is 0. The summed E-state index contributed by atoms with van der Waals surface area (Å²) in [4.78, 5) is 0. The highest BCUT2D eigenvalue weighted by atomic mass is 16.5. The van der Waals surface area contributed by atoms with Crippen LogP contribution >= 0.6 is 0 Å². The molecule has 0 aromatic rings. The van der Waals surface area contributed by atoms with Crippen molar-refractivity contribution < 1.29 is 14.9 Å². The molecule has 2 N–H and O–H groups in total. The Morgan fingerprint density at radius 3 is 2.33 bits per heavy atom. The van der Waals surface area contributed by atoms with E-state index in [-0.39, 0.29) is 5.92 Å². The minimum Gasteiger partial charge on any atom is -0.381 e. The van der Waals surface area contributed by atoms with Crippen molar-refractivity contribution in [2.75, 3.05) is 13.2 Å². The topological polar surface area (TPSA) is 49.7 Å². The van der Waals surface area contributed by atoms with E-state index in [0.717, 1.165) is 13.0 Å². The second-order valence-corrected chi connectivity index (χ2v) is 3.86. The molecule has 0 spiro atoms. The average Bonchev–Trinajstić information content (AvgIpc) is 2.37. The van der Waals surface area contributed by atoms with Gasteiger partial charge < -0.3 is 14.9 Å². The van der Waals surface area contributed by atoms with Gasteiger partial charge in [0.25, 0.3) is 0 Å². The standard InChI is InChI=1S/C9H18O3/c1-6(2)8(9(10)11)7-3-4-12-5-7/h6-11H,3-5H2,1-2H3. The van der Waals surface area contributed by atoms with Crippen molar-refractivity contribution in [2.24, 2.45) is 17.8 Å². The lowest BCUT2D eigenvalue weighted by atomic mass is 9.82. The fraction of sp³-hybridized carbons (Fsp3) is 1.00. The van der Waals surface area contributed by atoms with Gasteiger partial charge >= 0.3 is 0 Å². The lowest BCUT2D eigenvalue weighted by Gasteiger charge is -2.27. The quantitative estimate of drug-likeness (QED) is 0.616. The van der Waals surface area contributed by atoms with Crippen LogP contribution in [0.3, 0.4) is 0 Å². The van der Waals surface area contributed by atoms with Gasteiger partial charge in [0.2, 0.25) is 0 Å². The number of hydrogen-bond donors (Lipinski definition) is 2. The molecule has 1 aliphatic rings. The second kappa shape index (κ2) is 4.21. The van der Waals surface area contributed by atoms with E-state index >= 15 is 0 Å². The molecule has 0 saturated carbocycles. The Morgan fingerprint density at radius 2 is 2.00 bits per heavy atom. The first-order valence-corrected chi connectivity index (χ1v) is 4.56. The van der Waals surface area contributed by atoms with Crippen molar-refractivity contribution in [3.05, 3.63) is 0 Å². The SMILES string of the molecule is CC(C)C(C(O)O)C1CCOC1. The number of ether oxygens (including phenoxy) is 1. The van der Waals surface area contributed by atoms with Crippen molar-refractivity contribution in [3.63, 3.8) is 0 Å². The molecule has 0 radical (unpaired) electrons. The predicted molar refractivity (Wildman–Crippen MR) is 45.5 cm³/mol. The van der Waals surface area contributed by atoms with E-state index in [4.69, 9.17) is 14.9 Å². The number of hydrogen-bond acceptors (Lipinski definition) is 3. The summed E-state index contributed by atoms with van der Waals surface area (Å²) in [5.41, 5.74) is 0. The van der Waals surface area contributed by atoms with Crippen LogP contribution in [0, 0.1) is 17.8 Å². The molecule has 72 valence electrons. The maximum atomic E-state index is 9.14. The second-order valence-electron chi connectivity index (χ2n) is 3.86. The molecule has 1 heterocycles. The van der Waals surface area contributed by atoms with Crippen LogP contribution in [-0.2, 0) is 4.74 Å². The molecule has 3 heteroatoms. The highest BCUT2D eigenvalue weighted by Gasteiger charge is 2.32. The first-order valence-electron chi connectivity index (χ1n) is 4.56. The van der Waals surface area contributed by atoms with Crippen LogP contribution in [0.5, 0.6) is 0 Å². The Morgan fingerprint density at radius 1 is 1.33 bits per heavy atom.